The van der Waals surface area contributed by atoms with Crippen molar-refractivity contribution in [1.29, 1.82) is 0 Å². The maximum absolute atomic E-state index is 14.2. The molecule has 1 amide bonds. The fourth-order valence-electron chi connectivity index (χ4n) is 7.47. The Hall–Kier alpha value is -5.00. The van der Waals surface area contributed by atoms with Crippen LogP contribution in [-0.4, -0.2) is 68.9 Å². The molecule has 11 nitrogen and oxygen atoms in total. The molecule has 4 atom stereocenters. The molecule has 0 fully saturated rings. The maximum atomic E-state index is 14.2. The monoisotopic (exact) mass is 770 g/mol. The summed E-state index contributed by atoms with van der Waals surface area (Å²) in [5.41, 5.74) is 10.3. The number of ketones is 3. The van der Waals surface area contributed by atoms with Crippen LogP contribution in [0.25, 0.3) is 5.57 Å². The summed E-state index contributed by atoms with van der Waals surface area (Å²) in [6, 6.07) is 15.7. The third-order valence-electron chi connectivity index (χ3n) is 10.2. The van der Waals surface area contributed by atoms with Gasteiger partial charge in [0, 0.05) is 42.7 Å². The number of benzene rings is 3. The molecule has 1 aliphatic rings. The molecule has 0 saturated heterocycles. The number of aliphatic hydroxyl groups is 1. The van der Waals surface area contributed by atoms with E-state index < -0.39 is 29.8 Å². The van der Waals surface area contributed by atoms with Crippen molar-refractivity contribution in [3.05, 3.63) is 82.9 Å². The Kier molecular flexibility index (Phi) is 15.8. The second-order valence-electron chi connectivity index (χ2n) is 15.4. The number of hydrogen-bond acceptors (Lipinski definition) is 10. The molecular formula is C45H58N2O9. The van der Waals surface area contributed by atoms with Gasteiger partial charge in [0.05, 0.1) is 34.1 Å². The number of hydrogen-bond donors (Lipinski definition) is 3. The van der Waals surface area contributed by atoms with Gasteiger partial charge in [-0.25, -0.2) is 0 Å². The number of allylic oxidation sites excluding steroid dienone is 1. The first-order valence-corrected chi connectivity index (χ1v) is 19.3. The molecule has 0 saturated carbocycles. The molecular weight excluding hydrogens is 712 g/mol. The molecule has 11 heteroatoms. The quantitative estimate of drug-likeness (QED) is 0.112. The number of rotatable bonds is 20. The van der Waals surface area contributed by atoms with Gasteiger partial charge in [0.15, 0.2) is 23.1 Å². The lowest BCUT2D eigenvalue weighted by molar-refractivity contribution is -0.134. The lowest BCUT2D eigenvalue weighted by atomic mass is 9.81. The largest absolute Gasteiger partial charge is 0.495 e. The average Bonchev–Trinajstić information content (AvgIpc) is 3.34. The SMILES string of the molecule is COc1ccc(C2=CC(=O)CCc3c2cc(OC)c(OC)c3OC)cc1NC(=O)C(CC(=O)C(CC(=O)C(O)C(N)Cc1ccccc1)CC(C)C)CC(C)C. The van der Waals surface area contributed by atoms with Crippen molar-refractivity contribution in [2.45, 2.75) is 84.8 Å². The summed E-state index contributed by atoms with van der Waals surface area (Å²) in [5.74, 6) is -0.640. The predicted molar refractivity (Wildman–Crippen MR) is 217 cm³/mol. The van der Waals surface area contributed by atoms with E-state index in [1.807, 2.05) is 70.2 Å². The Labute approximate surface area is 330 Å². The van der Waals surface area contributed by atoms with Crippen LogP contribution in [0.15, 0.2) is 60.7 Å². The summed E-state index contributed by atoms with van der Waals surface area (Å²) < 4.78 is 22.7. The Balaban J connectivity index is 1.61. The van der Waals surface area contributed by atoms with Crippen molar-refractivity contribution in [1.82, 2.24) is 0 Å². The zero-order valence-electron chi connectivity index (χ0n) is 34.0. The summed E-state index contributed by atoms with van der Waals surface area (Å²) in [6.07, 6.45) is 1.75. The van der Waals surface area contributed by atoms with Gasteiger partial charge in [-0.05, 0) is 84.1 Å². The molecule has 0 heterocycles. The molecule has 4 rings (SSSR count). The van der Waals surface area contributed by atoms with Gasteiger partial charge in [-0.3, -0.25) is 19.2 Å². The van der Waals surface area contributed by atoms with Crippen LogP contribution in [0.1, 0.15) is 82.1 Å². The third kappa shape index (κ3) is 11.1. The molecule has 0 aliphatic heterocycles. The van der Waals surface area contributed by atoms with Crippen molar-refractivity contribution in [3.8, 4) is 23.0 Å². The lowest BCUT2D eigenvalue weighted by Crippen LogP contribution is -2.43. The average molecular weight is 771 g/mol. The van der Waals surface area contributed by atoms with E-state index in [-0.39, 0.29) is 48.6 Å². The molecule has 4 unspecified atom stereocenters. The minimum absolute atomic E-state index is 0.0757. The van der Waals surface area contributed by atoms with Gasteiger partial charge in [-0.2, -0.15) is 0 Å². The van der Waals surface area contributed by atoms with E-state index in [4.69, 9.17) is 24.7 Å². The second kappa shape index (κ2) is 20.2. The molecule has 3 aromatic rings. The van der Waals surface area contributed by atoms with Crippen LogP contribution in [0, 0.1) is 23.7 Å². The van der Waals surface area contributed by atoms with Gasteiger partial charge in [-0.15, -0.1) is 0 Å². The molecule has 3 aromatic carbocycles. The smallest absolute Gasteiger partial charge is 0.228 e. The molecule has 4 N–H and O–H groups in total. The predicted octanol–water partition coefficient (Wildman–Crippen LogP) is 6.78. The zero-order chi connectivity index (χ0) is 41.1. The normalized spacial score (nSPS) is 14.9. The maximum Gasteiger partial charge on any atom is 0.228 e. The van der Waals surface area contributed by atoms with E-state index in [0.717, 1.165) is 16.7 Å². The number of carbonyl (C=O) groups excluding carboxylic acids is 4. The number of ether oxygens (including phenoxy) is 4. The summed E-state index contributed by atoms with van der Waals surface area (Å²) in [7, 11) is 6.10. The summed E-state index contributed by atoms with van der Waals surface area (Å²) in [4.78, 5) is 54.6. The summed E-state index contributed by atoms with van der Waals surface area (Å²) in [6.45, 7) is 7.91. The first-order valence-electron chi connectivity index (χ1n) is 19.3. The Morgan fingerprint density at radius 3 is 2.00 bits per heavy atom. The van der Waals surface area contributed by atoms with Crippen molar-refractivity contribution in [2.75, 3.05) is 33.8 Å². The molecule has 0 spiro atoms. The number of aliphatic hydroxyl groups excluding tert-OH is 1. The number of methoxy groups -OCH3 is 4. The Morgan fingerprint density at radius 1 is 0.768 bits per heavy atom. The Bertz CT molecular complexity index is 1890. The minimum atomic E-state index is -1.43. The van der Waals surface area contributed by atoms with Crippen molar-refractivity contribution >= 4 is 34.5 Å². The number of anilines is 1. The molecule has 0 aromatic heterocycles. The van der Waals surface area contributed by atoms with Gasteiger partial charge < -0.3 is 35.1 Å². The fraction of sp³-hybridized carbons (Fsp3) is 0.467. The highest BCUT2D eigenvalue weighted by molar-refractivity contribution is 6.04. The number of Topliss-reactive ketones (excluding diaryl/α,β-unsaturated/α-hetero) is 2. The van der Waals surface area contributed by atoms with Crippen molar-refractivity contribution in [3.63, 3.8) is 0 Å². The van der Waals surface area contributed by atoms with Gasteiger partial charge in [0.2, 0.25) is 11.7 Å². The van der Waals surface area contributed by atoms with Crippen LogP contribution >= 0.6 is 0 Å². The van der Waals surface area contributed by atoms with E-state index >= 15 is 0 Å². The second-order valence-corrected chi connectivity index (χ2v) is 15.4. The first-order chi connectivity index (χ1) is 26.7. The standard InChI is InChI=1S/C45H58N2O9/c1-26(2)18-30(22-39(50)42(51)36(46)20-28-12-10-9-11-13-28)38(49)23-31(19-27(3)4)45(52)47-37-21-29(14-17-40(37)53-5)34-24-32(48)15-16-33-35(34)25-41(54-6)44(56-8)43(33)55-7/h9-14,17,21,24-27,30-31,36,42,51H,15-16,18-20,22-23,46H2,1-8H3,(H,47,52). The van der Waals surface area contributed by atoms with E-state index in [0.29, 0.717) is 65.5 Å². The molecule has 0 bridgehead atoms. The highest BCUT2D eigenvalue weighted by atomic mass is 16.5. The van der Waals surface area contributed by atoms with Crippen LogP contribution in [0.2, 0.25) is 0 Å². The topological polar surface area (TPSA) is 163 Å². The molecule has 56 heavy (non-hydrogen) atoms. The highest BCUT2D eigenvalue weighted by Crippen LogP contribution is 2.47. The van der Waals surface area contributed by atoms with E-state index in [1.54, 1.807) is 25.3 Å². The third-order valence-corrected chi connectivity index (χ3v) is 10.2. The number of carbonyl (C=O) groups is 4. The Morgan fingerprint density at radius 2 is 1.39 bits per heavy atom. The molecule has 1 aliphatic carbocycles. The lowest BCUT2D eigenvalue weighted by Gasteiger charge is -2.24. The van der Waals surface area contributed by atoms with E-state index in [2.05, 4.69) is 5.32 Å². The number of amides is 1. The minimum Gasteiger partial charge on any atom is -0.495 e. The van der Waals surface area contributed by atoms with Crippen LogP contribution in [0.3, 0.4) is 0 Å². The van der Waals surface area contributed by atoms with E-state index in [1.165, 1.54) is 21.3 Å². The summed E-state index contributed by atoms with van der Waals surface area (Å²) >= 11 is 0. The molecule has 302 valence electrons. The van der Waals surface area contributed by atoms with Gasteiger partial charge in [-0.1, -0.05) is 64.1 Å². The van der Waals surface area contributed by atoms with Gasteiger partial charge >= 0.3 is 0 Å². The van der Waals surface area contributed by atoms with Gasteiger partial charge in [0.1, 0.15) is 17.6 Å². The van der Waals surface area contributed by atoms with Crippen molar-refractivity contribution < 1.29 is 43.2 Å². The van der Waals surface area contributed by atoms with E-state index in [9.17, 15) is 24.3 Å². The number of fused-ring (bicyclic) bond motifs is 1. The van der Waals surface area contributed by atoms with Crippen LogP contribution in [-0.2, 0) is 32.0 Å². The van der Waals surface area contributed by atoms with Crippen molar-refractivity contribution in [2.24, 2.45) is 29.4 Å². The zero-order valence-corrected chi connectivity index (χ0v) is 34.0. The fourth-order valence-corrected chi connectivity index (χ4v) is 7.47. The summed E-state index contributed by atoms with van der Waals surface area (Å²) in [5, 5.41) is 13.9. The number of nitrogens with one attached hydrogen (secondary N) is 1. The van der Waals surface area contributed by atoms with Crippen LogP contribution in [0.5, 0.6) is 23.0 Å². The molecule has 0 radical (unpaired) electrons. The van der Waals surface area contributed by atoms with Crippen LogP contribution < -0.4 is 30.0 Å². The number of nitrogens with two attached hydrogens (primary N) is 1. The first kappa shape index (κ1) is 43.7. The highest BCUT2D eigenvalue weighted by Gasteiger charge is 2.33. The van der Waals surface area contributed by atoms with Crippen LogP contribution in [0.4, 0.5) is 5.69 Å². The van der Waals surface area contributed by atoms with Gasteiger partial charge in [0.25, 0.3) is 0 Å².